The van der Waals surface area contributed by atoms with E-state index in [2.05, 4.69) is 200 Å². The molecule has 12 rings (SSSR count). The van der Waals surface area contributed by atoms with Crippen LogP contribution in [-0.2, 0) is 0 Å². The number of rotatable bonds is 5. The summed E-state index contributed by atoms with van der Waals surface area (Å²) in [4.78, 5) is 10.3. The zero-order chi connectivity index (χ0) is 38.9. The topological polar surface area (TPSA) is 38.9 Å². The summed E-state index contributed by atoms with van der Waals surface area (Å²) in [7, 11) is 0. The van der Waals surface area contributed by atoms with Crippen molar-refractivity contribution < 1.29 is 4.42 Å². The van der Waals surface area contributed by atoms with Crippen LogP contribution in [-0.4, -0.2) is 9.97 Å². The lowest BCUT2D eigenvalue weighted by molar-refractivity contribution is 0.671. The van der Waals surface area contributed by atoms with E-state index in [1.54, 1.807) is 0 Å². The maximum atomic E-state index is 6.90. The quantitative estimate of drug-likeness (QED) is 0.164. The van der Waals surface area contributed by atoms with Crippen molar-refractivity contribution in [2.75, 3.05) is 0 Å². The van der Waals surface area contributed by atoms with Crippen LogP contribution in [0.5, 0.6) is 0 Å². The number of nitrogens with zero attached hydrogens (tertiary/aromatic N) is 2. The molecule has 0 radical (unpaired) electrons. The molecule has 0 atom stereocenters. The van der Waals surface area contributed by atoms with Crippen molar-refractivity contribution in [1.29, 1.82) is 0 Å². The molecule has 0 saturated carbocycles. The van der Waals surface area contributed by atoms with Crippen molar-refractivity contribution >= 4 is 65.3 Å². The first-order chi connectivity index (χ1) is 29.2. The van der Waals surface area contributed by atoms with Gasteiger partial charge >= 0.3 is 0 Å². The van der Waals surface area contributed by atoms with Crippen LogP contribution in [0.1, 0.15) is 0 Å². The number of para-hydroxylation sites is 2. The van der Waals surface area contributed by atoms with Gasteiger partial charge in [0.1, 0.15) is 11.2 Å². The summed E-state index contributed by atoms with van der Waals surface area (Å²) >= 11 is 0. The minimum atomic E-state index is 0.854. The van der Waals surface area contributed by atoms with Crippen LogP contribution in [0, 0.1) is 0 Å². The van der Waals surface area contributed by atoms with Gasteiger partial charge in [0.05, 0.1) is 22.9 Å². The van der Waals surface area contributed by atoms with E-state index in [1.807, 2.05) is 6.20 Å². The number of hydrogen-bond acceptors (Lipinski definition) is 3. The van der Waals surface area contributed by atoms with Crippen LogP contribution in [0.2, 0.25) is 0 Å². The van der Waals surface area contributed by atoms with Gasteiger partial charge in [-0.2, -0.15) is 0 Å². The number of aromatic nitrogens is 2. The Morgan fingerprint density at radius 2 is 0.746 bits per heavy atom. The second-order valence-electron chi connectivity index (χ2n) is 15.3. The SMILES string of the molecule is c1cc(-c2cccc(-c3cnc4c5ccccc5c5ccccc5c4n3)c2)cc(-c2cccc(-c3cccc4c3oc3c(-c5cccc6ccccc56)cccc34)c2)c1. The van der Waals surface area contributed by atoms with Gasteiger partial charge in [-0.15, -0.1) is 0 Å². The molecule has 0 fully saturated rings. The van der Waals surface area contributed by atoms with E-state index >= 15 is 0 Å². The van der Waals surface area contributed by atoms with Crippen molar-refractivity contribution in [2.45, 2.75) is 0 Å². The molecule has 3 nitrogen and oxygen atoms in total. The number of fused-ring (bicyclic) bond motifs is 10. The molecule has 0 spiro atoms. The average Bonchev–Trinajstić information content (AvgIpc) is 3.71. The molecule has 0 aliphatic heterocycles. The fourth-order valence-corrected chi connectivity index (χ4v) is 9.08. The molecule has 10 aromatic carbocycles. The van der Waals surface area contributed by atoms with Gasteiger partial charge in [0, 0.05) is 38.2 Å². The molecular formula is C56H34N2O. The largest absolute Gasteiger partial charge is 0.455 e. The zero-order valence-electron chi connectivity index (χ0n) is 31.9. The van der Waals surface area contributed by atoms with Crippen molar-refractivity contribution in [3.05, 3.63) is 206 Å². The third-order valence-electron chi connectivity index (χ3n) is 11.9. The van der Waals surface area contributed by atoms with Gasteiger partial charge < -0.3 is 4.42 Å². The second kappa shape index (κ2) is 13.4. The zero-order valence-corrected chi connectivity index (χ0v) is 31.9. The normalized spacial score (nSPS) is 11.7. The predicted octanol–water partition coefficient (Wildman–Crippen LogP) is 15.3. The van der Waals surface area contributed by atoms with Crippen molar-refractivity contribution in [3.8, 4) is 55.8 Å². The summed E-state index contributed by atoms with van der Waals surface area (Å²) in [5.74, 6) is 0. The minimum Gasteiger partial charge on any atom is -0.455 e. The summed E-state index contributed by atoms with van der Waals surface area (Å²) in [6.45, 7) is 0. The molecule has 59 heavy (non-hydrogen) atoms. The van der Waals surface area contributed by atoms with Crippen LogP contribution < -0.4 is 0 Å². The van der Waals surface area contributed by atoms with Crippen molar-refractivity contribution in [2.24, 2.45) is 0 Å². The molecule has 0 unspecified atom stereocenters. The molecule has 0 amide bonds. The Hall–Kier alpha value is -7.88. The molecule has 0 saturated heterocycles. The van der Waals surface area contributed by atoms with E-state index in [1.165, 1.54) is 27.1 Å². The Balaban J connectivity index is 0.916. The van der Waals surface area contributed by atoms with Crippen LogP contribution in [0.4, 0.5) is 0 Å². The van der Waals surface area contributed by atoms with E-state index in [0.717, 1.165) is 93.9 Å². The van der Waals surface area contributed by atoms with E-state index in [-0.39, 0.29) is 0 Å². The maximum Gasteiger partial charge on any atom is 0.143 e. The number of benzene rings is 10. The number of furan rings is 1. The lowest BCUT2D eigenvalue weighted by Crippen LogP contribution is -1.92. The fourth-order valence-electron chi connectivity index (χ4n) is 9.08. The monoisotopic (exact) mass is 750 g/mol. The Kier molecular flexibility index (Phi) is 7.54. The molecule has 0 N–H and O–H groups in total. The van der Waals surface area contributed by atoms with Gasteiger partial charge in [-0.05, 0) is 73.1 Å². The van der Waals surface area contributed by atoms with Crippen LogP contribution >= 0.6 is 0 Å². The highest BCUT2D eigenvalue weighted by molar-refractivity contribution is 6.23. The summed E-state index contributed by atoms with van der Waals surface area (Å²) in [6.07, 6.45) is 1.91. The Bertz CT molecular complexity index is 3590. The summed E-state index contributed by atoms with van der Waals surface area (Å²) in [6, 6.07) is 71.2. The van der Waals surface area contributed by atoms with Gasteiger partial charge in [0.25, 0.3) is 0 Å². The Labute approximate surface area is 340 Å². The first kappa shape index (κ1) is 33.3. The second-order valence-corrected chi connectivity index (χ2v) is 15.3. The van der Waals surface area contributed by atoms with Crippen LogP contribution in [0.3, 0.4) is 0 Å². The van der Waals surface area contributed by atoms with Gasteiger partial charge in [-0.1, -0.05) is 182 Å². The smallest absolute Gasteiger partial charge is 0.143 e. The first-order valence-electron chi connectivity index (χ1n) is 20.1. The fraction of sp³-hybridized carbons (Fsp3) is 0. The molecule has 3 heteroatoms. The first-order valence-corrected chi connectivity index (χ1v) is 20.1. The predicted molar refractivity (Wildman–Crippen MR) is 247 cm³/mol. The summed E-state index contributed by atoms with van der Waals surface area (Å²) in [5, 5.41) is 9.29. The van der Waals surface area contributed by atoms with Crippen LogP contribution in [0.25, 0.3) is 121 Å². The highest BCUT2D eigenvalue weighted by Gasteiger charge is 2.18. The standard InChI is InChI=1S/C56H34N2O/c1-2-21-42-35(13-1)14-10-27-44(42)49-28-12-30-51-50-29-11-26-43(55(50)59-56(49)51)40-19-8-17-38(32-40)36-15-7-16-37(31-36)39-18-9-20-41(33-39)52-34-57-53-47-24-5-3-22-45(47)46-23-4-6-25-48(46)54(53)58-52/h1-34H. The van der Waals surface area contributed by atoms with Crippen molar-refractivity contribution in [1.82, 2.24) is 9.97 Å². The average molecular weight is 751 g/mol. The van der Waals surface area contributed by atoms with Gasteiger partial charge in [-0.25, -0.2) is 4.98 Å². The summed E-state index contributed by atoms with van der Waals surface area (Å²) < 4.78 is 6.90. The highest BCUT2D eigenvalue weighted by Crippen LogP contribution is 2.42. The van der Waals surface area contributed by atoms with Gasteiger partial charge in [-0.3, -0.25) is 4.98 Å². The van der Waals surface area contributed by atoms with Gasteiger partial charge in [0.15, 0.2) is 0 Å². The van der Waals surface area contributed by atoms with E-state index < -0.39 is 0 Å². The molecule has 0 aliphatic carbocycles. The van der Waals surface area contributed by atoms with E-state index in [9.17, 15) is 0 Å². The summed E-state index contributed by atoms with van der Waals surface area (Å²) in [5.41, 5.74) is 14.6. The van der Waals surface area contributed by atoms with Crippen LogP contribution in [0.15, 0.2) is 211 Å². The molecule has 0 bridgehead atoms. The molecule has 12 aromatic rings. The Morgan fingerprint density at radius 3 is 1.44 bits per heavy atom. The molecule has 2 aromatic heterocycles. The Morgan fingerprint density at radius 1 is 0.305 bits per heavy atom. The molecule has 0 aliphatic rings. The molecule has 2 heterocycles. The lowest BCUT2D eigenvalue weighted by Gasteiger charge is -2.11. The third-order valence-corrected chi connectivity index (χ3v) is 11.9. The minimum absolute atomic E-state index is 0.854. The highest BCUT2D eigenvalue weighted by atomic mass is 16.3. The lowest BCUT2D eigenvalue weighted by atomic mass is 9.94. The van der Waals surface area contributed by atoms with E-state index in [4.69, 9.17) is 14.4 Å². The maximum absolute atomic E-state index is 6.90. The van der Waals surface area contributed by atoms with Gasteiger partial charge in [0.2, 0.25) is 0 Å². The van der Waals surface area contributed by atoms with Crippen molar-refractivity contribution in [3.63, 3.8) is 0 Å². The van der Waals surface area contributed by atoms with E-state index in [0.29, 0.717) is 0 Å². The molecule has 274 valence electrons. The molecular weight excluding hydrogens is 717 g/mol. The third kappa shape index (κ3) is 5.44. The number of hydrogen-bond donors (Lipinski definition) is 0.